The summed E-state index contributed by atoms with van der Waals surface area (Å²) in [7, 11) is -3.13. The van der Waals surface area contributed by atoms with Gasteiger partial charge in [-0.1, -0.05) is 13.3 Å². The van der Waals surface area contributed by atoms with E-state index in [0.29, 0.717) is 5.92 Å². The third-order valence-corrected chi connectivity index (χ3v) is 5.20. The highest BCUT2D eigenvalue weighted by Crippen LogP contribution is 2.18. The van der Waals surface area contributed by atoms with E-state index in [-0.39, 0.29) is 11.3 Å². The zero-order chi connectivity index (χ0) is 13.6. The molecule has 0 aromatic rings. The molecule has 0 spiro atoms. The molecule has 0 aliphatic carbocycles. The van der Waals surface area contributed by atoms with Crippen LogP contribution in [-0.2, 0) is 10.0 Å². The lowest BCUT2D eigenvalue weighted by atomic mass is 9.96. The molecule has 1 rings (SSSR count). The van der Waals surface area contributed by atoms with Gasteiger partial charge < -0.3 is 5.32 Å². The van der Waals surface area contributed by atoms with Gasteiger partial charge in [-0.15, -0.1) is 0 Å². The normalized spacial score (nSPS) is 19.1. The SMILES string of the molecule is CCCC(C)(C)NS(=O)(=O)CCC1CCNCC1. The Bertz CT molecular complexity index is 333. The van der Waals surface area contributed by atoms with Gasteiger partial charge in [0.25, 0.3) is 0 Å². The average Bonchev–Trinajstić information content (AvgIpc) is 2.26. The van der Waals surface area contributed by atoms with E-state index in [9.17, 15) is 8.42 Å². The molecule has 0 amide bonds. The Labute approximate surface area is 112 Å². The molecule has 5 heteroatoms. The van der Waals surface area contributed by atoms with E-state index in [4.69, 9.17) is 0 Å². The maximum absolute atomic E-state index is 12.0. The summed E-state index contributed by atoms with van der Waals surface area (Å²) < 4.78 is 26.9. The Morgan fingerprint density at radius 3 is 2.44 bits per heavy atom. The number of rotatable bonds is 7. The highest BCUT2D eigenvalue weighted by Gasteiger charge is 2.25. The fourth-order valence-electron chi connectivity index (χ4n) is 2.64. The zero-order valence-electron chi connectivity index (χ0n) is 12.0. The molecule has 2 N–H and O–H groups in total. The van der Waals surface area contributed by atoms with E-state index in [1.54, 1.807) is 0 Å². The van der Waals surface area contributed by atoms with Crippen LogP contribution >= 0.6 is 0 Å². The van der Waals surface area contributed by atoms with Crippen LogP contribution in [0, 0.1) is 5.92 Å². The Morgan fingerprint density at radius 2 is 1.89 bits per heavy atom. The van der Waals surface area contributed by atoms with Crippen LogP contribution in [0.15, 0.2) is 0 Å². The van der Waals surface area contributed by atoms with E-state index in [1.165, 1.54) is 0 Å². The van der Waals surface area contributed by atoms with E-state index < -0.39 is 10.0 Å². The van der Waals surface area contributed by atoms with Gasteiger partial charge in [-0.25, -0.2) is 13.1 Å². The van der Waals surface area contributed by atoms with Crippen molar-refractivity contribution < 1.29 is 8.42 Å². The summed E-state index contributed by atoms with van der Waals surface area (Å²) in [5, 5.41) is 3.30. The van der Waals surface area contributed by atoms with Crippen molar-refractivity contribution in [1.29, 1.82) is 0 Å². The second-order valence-corrected chi connectivity index (χ2v) is 7.88. The molecule has 0 saturated carbocycles. The lowest BCUT2D eigenvalue weighted by Crippen LogP contribution is -2.44. The minimum Gasteiger partial charge on any atom is -0.317 e. The zero-order valence-corrected chi connectivity index (χ0v) is 12.8. The van der Waals surface area contributed by atoms with Crippen molar-refractivity contribution >= 4 is 10.0 Å². The first-order chi connectivity index (χ1) is 8.35. The molecule has 1 heterocycles. The lowest BCUT2D eigenvalue weighted by Gasteiger charge is -2.27. The molecule has 0 bridgehead atoms. The van der Waals surface area contributed by atoms with Gasteiger partial charge in [-0.05, 0) is 58.5 Å². The van der Waals surface area contributed by atoms with Gasteiger partial charge >= 0.3 is 0 Å². The fraction of sp³-hybridized carbons (Fsp3) is 1.00. The third-order valence-electron chi connectivity index (χ3n) is 3.56. The number of hydrogen-bond donors (Lipinski definition) is 2. The molecule has 0 unspecified atom stereocenters. The highest BCUT2D eigenvalue weighted by atomic mass is 32.2. The van der Waals surface area contributed by atoms with E-state index in [0.717, 1.165) is 45.2 Å². The minimum atomic E-state index is -3.13. The van der Waals surface area contributed by atoms with Crippen molar-refractivity contribution in [3.05, 3.63) is 0 Å². The van der Waals surface area contributed by atoms with Crippen molar-refractivity contribution in [2.45, 2.75) is 58.4 Å². The molecule has 108 valence electrons. The summed E-state index contributed by atoms with van der Waals surface area (Å²) in [6, 6.07) is 0. The van der Waals surface area contributed by atoms with Crippen molar-refractivity contribution in [2.75, 3.05) is 18.8 Å². The molecule has 1 aliphatic rings. The molecule has 0 radical (unpaired) electrons. The Morgan fingerprint density at radius 1 is 1.28 bits per heavy atom. The summed E-state index contributed by atoms with van der Waals surface area (Å²) in [5.74, 6) is 0.835. The van der Waals surface area contributed by atoms with Crippen LogP contribution in [0.3, 0.4) is 0 Å². The standard InChI is InChI=1S/C13H28N2O2S/c1-4-8-13(2,3)15-18(16,17)11-7-12-5-9-14-10-6-12/h12,14-15H,4-11H2,1-3H3. The summed E-state index contributed by atoms with van der Waals surface area (Å²) in [4.78, 5) is 0. The first-order valence-corrected chi connectivity index (χ1v) is 8.72. The van der Waals surface area contributed by atoms with E-state index in [1.807, 2.05) is 13.8 Å². The quantitative estimate of drug-likeness (QED) is 0.746. The maximum atomic E-state index is 12.0. The molecule has 18 heavy (non-hydrogen) atoms. The predicted octanol–water partition coefficient (Wildman–Crippen LogP) is 1.87. The van der Waals surface area contributed by atoms with Gasteiger partial charge in [-0.2, -0.15) is 0 Å². The van der Waals surface area contributed by atoms with Crippen LogP contribution in [-0.4, -0.2) is 32.8 Å². The van der Waals surface area contributed by atoms with Crippen molar-refractivity contribution in [2.24, 2.45) is 5.92 Å². The molecule has 1 aliphatic heterocycles. The highest BCUT2D eigenvalue weighted by molar-refractivity contribution is 7.89. The largest absolute Gasteiger partial charge is 0.317 e. The smallest absolute Gasteiger partial charge is 0.212 e. The molecular formula is C13H28N2O2S. The summed E-state index contributed by atoms with van der Waals surface area (Å²) in [6.07, 6.45) is 4.87. The number of nitrogens with one attached hydrogen (secondary N) is 2. The van der Waals surface area contributed by atoms with Crippen LogP contribution in [0.5, 0.6) is 0 Å². The van der Waals surface area contributed by atoms with Gasteiger partial charge in [0, 0.05) is 5.54 Å². The third kappa shape index (κ3) is 6.16. The van der Waals surface area contributed by atoms with Gasteiger partial charge in [0.15, 0.2) is 0 Å². The summed E-state index contributed by atoms with van der Waals surface area (Å²) in [5.41, 5.74) is -0.318. The van der Waals surface area contributed by atoms with Crippen molar-refractivity contribution in [3.63, 3.8) is 0 Å². The van der Waals surface area contributed by atoms with Gasteiger partial charge in [0.05, 0.1) is 5.75 Å². The Kier molecular flexibility index (Phi) is 6.08. The van der Waals surface area contributed by atoms with Gasteiger partial charge in [-0.3, -0.25) is 0 Å². The second-order valence-electron chi connectivity index (χ2n) is 6.04. The molecule has 0 atom stereocenters. The fourth-order valence-corrected chi connectivity index (χ4v) is 4.33. The number of hydrogen-bond acceptors (Lipinski definition) is 3. The molecule has 0 aromatic carbocycles. The van der Waals surface area contributed by atoms with Crippen LogP contribution in [0.1, 0.15) is 52.9 Å². The predicted molar refractivity (Wildman–Crippen MR) is 76.1 cm³/mol. The monoisotopic (exact) mass is 276 g/mol. The summed E-state index contributed by atoms with van der Waals surface area (Å²) >= 11 is 0. The van der Waals surface area contributed by atoms with Crippen LogP contribution < -0.4 is 10.0 Å². The molecule has 1 fully saturated rings. The number of piperidine rings is 1. The summed E-state index contributed by atoms with van der Waals surface area (Å²) in [6.45, 7) is 8.04. The topological polar surface area (TPSA) is 58.2 Å². The first kappa shape index (κ1) is 15.9. The molecular weight excluding hydrogens is 248 g/mol. The average molecular weight is 276 g/mol. The van der Waals surface area contributed by atoms with Crippen molar-refractivity contribution in [1.82, 2.24) is 10.0 Å². The molecule has 1 saturated heterocycles. The Balaban J connectivity index is 2.39. The lowest BCUT2D eigenvalue weighted by molar-refractivity contribution is 0.363. The van der Waals surface area contributed by atoms with Crippen LogP contribution in [0.25, 0.3) is 0 Å². The van der Waals surface area contributed by atoms with Gasteiger partial charge in [0.1, 0.15) is 0 Å². The van der Waals surface area contributed by atoms with Crippen molar-refractivity contribution in [3.8, 4) is 0 Å². The van der Waals surface area contributed by atoms with Crippen LogP contribution in [0.2, 0.25) is 0 Å². The molecule has 4 nitrogen and oxygen atoms in total. The number of sulfonamides is 1. The minimum absolute atomic E-state index is 0.269. The van der Waals surface area contributed by atoms with Gasteiger partial charge in [0.2, 0.25) is 10.0 Å². The van der Waals surface area contributed by atoms with E-state index in [2.05, 4.69) is 17.0 Å². The second kappa shape index (κ2) is 6.87. The Hall–Kier alpha value is -0.130. The first-order valence-electron chi connectivity index (χ1n) is 7.07. The van der Waals surface area contributed by atoms with Crippen LogP contribution in [0.4, 0.5) is 0 Å². The maximum Gasteiger partial charge on any atom is 0.212 e. The molecule has 0 aromatic heterocycles. The van der Waals surface area contributed by atoms with E-state index >= 15 is 0 Å².